The molecule has 0 saturated heterocycles. The molecule has 2 N–H and O–H groups in total. The Hall–Kier alpha value is -1.51. The molecule has 0 radical (unpaired) electrons. The zero-order valence-corrected chi connectivity index (χ0v) is 11.7. The van der Waals surface area contributed by atoms with Gasteiger partial charge in [0.15, 0.2) is 0 Å². The number of rotatable bonds is 7. The lowest BCUT2D eigenvalue weighted by atomic mass is 10.2. The van der Waals surface area contributed by atoms with Gasteiger partial charge in [0.05, 0.1) is 23.5 Å². The highest BCUT2D eigenvalue weighted by Crippen LogP contribution is 2.22. The van der Waals surface area contributed by atoms with Gasteiger partial charge in [-0.05, 0) is 18.6 Å². The zero-order valence-electron chi connectivity index (χ0n) is 10.9. The summed E-state index contributed by atoms with van der Waals surface area (Å²) in [4.78, 5) is 12.8. The SMILES string of the molecule is CCCC(O)CNC(=O)c1ccccc1SCC#N. The number of nitriles is 1. The summed E-state index contributed by atoms with van der Waals surface area (Å²) in [6, 6.07) is 9.20. The van der Waals surface area contributed by atoms with Gasteiger partial charge in [-0.25, -0.2) is 0 Å². The van der Waals surface area contributed by atoms with Gasteiger partial charge in [-0.3, -0.25) is 4.79 Å². The molecule has 0 fully saturated rings. The molecule has 1 rings (SSSR count). The van der Waals surface area contributed by atoms with Crippen LogP contribution in [0.3, 0.4) is 0 Å². The Labute approximate surface area is 117 Å². The number of amides is 1. The topological polar surface area (TPSA) is 73.1 Å². The van der Waals surface area contributed by atoms with Gasteiger partial charge in [0.25, 0.3) is 5.91 Å². The predicted octanol–water partition coefficient (Wildman–Crippen LogP) is 2.19. The minimum atomic E-state index is -0.507. The summed E-state index contributed by atoms with van der Waals surface area (Å²) in [6.07, 6.45) is 1.05. The van der Waals surface area contributed by atoms with Crippen molar-refractivity contribution in [2.24, 2.45) is 0 Å². The maximum atomic E-state index is 12.0. The molecular weight excluding hydrogens is 260 g/mol. The minimum absolute atomic E-state index is 0.212. The maximum absolute atomic E-state index is 12.0. The number of hydrogen-bond donors (Lipinski definition) is 2. The second kappa shape index (κ2) is 8.57. The van der Waals surface area contributed by atoms with Gasteiger partial charge in [0.2, 0.25) is 0 Å². The maximum Gasteiger partial charge on any atom is 0.252 e. The molecule has 1 aromatic rings. The molecule has 0 heterocycles. The van der Waals surface area contributed by atoms with Crippen LogP contribution in [0.5, 0.6) is 0 Å². The lowest BCUT2D eigenvalue weighted by molar-refractivity contribution is 0.0907. The molecular formula is C14H18N2O2S. The fourth-order valence-corrected chi connectivity index (χ4v) is 2.34. The number of nitrogens with zero attached hydrogens (tertiary/aromatic N) is 1. The Morgan fingerprint density at radius 3 is 2.95 bits per heavy atom. The lowest BCUT2D eigenvalue weighted by Gasteiger charge is -2.12. The molecule has 4 nitrogen and oxygen atoms in total. The molecule has 0 bridgehead atoms. The van der Waals surface area contributed by atoms with E-state index in [1.807, 2.05) is 25.1 Å². The van der Waals surface area contributed by atoms with E-state index in [2.05, 4.69) is 5.32 Å². The largest absolute Gasteiger partial charge is 0.391 e. The van der Waals surface area contributed by atoms with Crippen LogP contribution in [-0.4, -0.2) is 29.4 Å². The number of hydrogen-bond acceptors (Lipinski definition) is 4. The average Bonchev–Trinajstić information content (AvgIpc) is 2.43. The molecule has 0 aliphatic heterocycles. The Balaban J connectivity index is 2.63. The van der Waals surface area contributed by atoms with E-state index in [1.165, 1.54) is 11.8 Å². The Kier molecular flexibility index (Phi) is 7.01. The second-order valence-corrected chi connectivity index (χ2v) is 5.11. The van der Waals surface area contributed by atoms with Crippen LogP contribution in [0.25, 0.3) is 0 Å². The Morgan fingerprint density at radius 2 is 2.26 bits per heavy atom. The third kappa shape index (κ3) is 5.33. The monoisotopic (exact) mass is 278 g/mol. The average molecular weight is 278 g/mol. The van der Waals surface area contributed by atoms with E-state index in [4.69, 9.17) is 5.26 Å². The summed E-state index contributed by atoms with van der Waals surface area (Å²) in [6.45, 7) is 2.24. The molecule has 102 valence electrons. The van der Waals surface area contributed by atoms with Gasteiger partial charge in [-0.1, -0.05) is 25.5 Å². The van der Waals surface area contributed by atoms with Crippen molar-refractivity contribution in [3.05, 3.63) is 29.8 Å². The summed E-state index contributed by atoms with van der Waals surface area (Å²) in [5.41, 5.74) is 0.548. The van der Waals surface area contributed by atoms with E-state index in [0.29, 0.717) is 17.7 Å². The van der Waals surface area contributed by atoms with Crippen molar-refractivity contribution in [3.8, 4) is 6.07 Å². The van der Waals surface area contributed by atoms with Crippen LogP contribution in [0, 0.1) is 11.3 Å². The first-order valence-corrected chi connectivity index (χ1v) is 7.22. The van der Waals surface area contributed by atoms with E-state index < -0.39 is 6.10 Å². The molecule has 1 atom stereocenters. The minimum Gasteiger partial charge on any atom is -0.391 e. The Bertz CT molecular complexity index is 457. The number of carbonyl (C=O) groups is 1. The molecule has 0 saturated carbocycles. The lowest BCUT2D eigenvalue weighted by Crippen LogP contribution is -2.32. The third-order valence-electron chi connectivity index (χ3n) is 2.54. The van der Waals surface area contributed by atoms with E-state index >= 15 is 0 Å². The summed E-state index contributed by atoms with van der Waals surface area (Å²) in [7, 11) is 0. The highest BCUT2D eigenvalue weighted by atomic mass is 32.2. The van der Waals surface area contributed by atoms with Crippen molar-refractivity contribution < 1.29 is 9.90 Å². The summed E-state index contributed by atoms with van der Waals surface area (Å²) in [5.74, 6) is 0.0964. The fraction of sp³-hybridized carbons (Fsp3) is 0.429. The fourth-order valence-electron chi connectivity index (χ4n) is 1.63. The van der Waals surface area contributed by atoms with Crippen LogP contribution in [0.15, 0.2) is 29.2 Å². The number of benzene rings is 1. The molecule has 0 spiro atoms. The molecule has 0 aliphatic rings. The molecule has 5 heteroatoms. The molecule has 0 aromatic heterocycles. The number of aliphatic hydroxyl groups excluding tert-OH is 1. The van der Waals surface area contributed by atoms with Crippen LogP contribution >= 0.6 is 11.8 Å². The van der Waals surface area contributed by atoms with Crippen molar-refractivity contribution in [1.82, 2.24) is 5.32 Å². The number of carbonyl (C=O) groups excluding carboxylic acids is 1. The standard InChI is InChI=1S/C14H18N2O2S/c1-2-5-11(17)10-16-14(18)12-6-3-4-7-13(12)19-9-8-15/h3-4,6-7,11,17H,2,5,9-10H2,1H3,(H,16,18). The molecule has 1 unspecified atom stereocenters. The highest BCUT2D eigenvalue weighted by molar-refractivity contribution is 7.99. The van der Waals surface area contributed by atoms with Crippen molar-refractivity contribution in [1.29, 1.82) is 5.26 Å². The third-order valence-corrected chi connectivity index (χ3v) is 3.48. The van der Waals surface area contributed by atoms with Crippen LogP contribution < -0.4 is 5.32 Å². The van der Waals surface area contributed by atoms with Gasteiger partial charge in [-0.2, -0.15) is 5.26 Å². The van der Waals surface area contributed by atoms with Gasteiger partial charge in [0.1, 0.15) is 0 Å². The van der Waals surface area contributed by atoms with Gasteiger partial charge < -0.3 is 10.4 Å². The highest BCUT2D eigenvalue weighted by Gasteiger charge is 2.12. The predicted molar refractivity (Wildman–Crippen MR) is 76.0 cm³/mol. The van der Waals surface area contributed by atoms with Crippen LogP contribution in [0.4, 0.5) is 0 Å². The van der Waals surface area contributed by atoms with Crippen molar-refractivity contribution in [2.45, 2.75) is 30.8 Å². The quantitative estimate of drug-likeness (QED) is 0.750. The van der Waals surface area contributed by atoms with Crippen molar-refractivity contribution >= 4 is 17.7 Å². The van der Waals surface area contributed by atoms with Crippen molar-refractivity contribution in [3.63, 3.8) is 0 Å². The number of thioether (sulfide) groups is 1. The molecule has 1 aromatic carbocycles. The summed E-state index contributed by atoms with van der Waals surface area (Å²) in [5, 5.41) is 20.9. The van der Waals surface area contributed by atoms with Crippen LogP contribution in [-0.2, 0) is 0 Å². The second-order valence-electron chi connectivity index (χ2n) is 4.10. The van der Waals surface area contributed by atoms with E-state index in [1.54, 1.807) is 12.1 Å². The van der Waals surface area contributed by atoms with Crippen molar-refractivity contribution in [2.75, 3.05) is 12.3 Å². The summed E-state index contributed by atoms with van der Waals surface area (Å²) >= 11 is 1.34. The first-order chi connectivity index (χ1) is 9.19. The molecule has 1 amide bonds. The Morgan fingerprint density at radius 1 is 1.53 bits per heavy atom. The first kappa shape index (κ1) is 15.5. The normalized spacial score (nSPS) is 11.6. The smallest absolute Gasteiger partial charge is 0.252 e. The molecule has 19 heavy (non-hydrogen) atoms. The van der Waals surface area contributed by atoms with Gasteiger partial charge in [-0.15, -0.1) is 11.8 Å². The number of aliphatic hydroxyl groups is 1. The van der Waals surface area contributed by atoms with Crippen LogP contribution in [0.2, 0.25) is 0 Å². The first-order valence-electron chi connectivity index (χ1n) is 6.24. The zero-order chi connectivity index (χ0) is 14.1. The van der Waals surface area contributed by atoms with Crippen LogP contribution in [0.1, 0.15) is 30.1 Å². The van der Waals surface area contributed by atoms with Gasteiger partial charge >= 0.3 is 0 Å². The van der Waals surface area contributed by atoms with E-state index in [0.717, 1.165) is 11.3 Å². The van der Waals surface area contributed by atoms with Gasteiger partial charge in [0, 0.05) is 11.4 Å². The summed E-state index contributed by atoms with van der Waals surface area (Å²) < 4.78 is 0. The van der Waals surface area contributed by atoms with E-state index in [9.17, 15) is 9.90 Å². The molecule has 0 aliphatic carbocycles. The van der Waals surface area contributed by atoms with E-state index in [-0.39, 0.29) is 12.5 Å². The number of nitrogens with one attached hydrogen (secondary N) is 1.